The maximum absolute atomic E-state index is 13.8. The highest BCUT2D eigenvalue weighted by Gasteiger charge is 2.27. The largest absolute Gasteiger partial charge is 0.382 e. The second-order valence-corrected chi connectivity index (χ2v) is 4.34. The van der Waals surface area contributed by atoms with Crippen molar-refractivity contribution in [1.29, 1.82) is 0 Å². The zero-order valence-corrected chi connectivity index (χ0v) is 10.1. The lowest BCUT2D eigenvalue weighted by Gasteiger charge is -2.15. The van der Waals surface area contributed by atoms with Crippen molar-refractivity contribution in [2.75, 3.05) is 12.3 Å². The molecule has 2 N–H and O–H groups in total. The van der Waals surface area contributed by atoms with Crippen molar-refractivity contribution in [3.05, 3.63) is 40.6 Å². The van der Waals surface area contributed by atoms with Crippen LogP contribution in [0.4, 0.5) is 23.4 Å². The molecule has 0 saturated carbocycles. The highest BCUT2D eigenvalue weighted by molar-refractivity contribution is 5.48. The van der Waals surface area contributed by atoms with Gasteiger partial charge in [-0.15, -0.1) is 5.10 Å². The number of hydrogen-bond donors (Lipinski definition) is 1. The first-order valence-electron chi connectivity index (χ1n) is 5.78. The Labute approximate surface area is 110 Å². The fourth-order valence-electron chi connectivity index (χ4n) is 2.19. The predicted octanol–water partition coefficient (Wildman–Crippen LogP) is 2.08. The van der Waals surface area contributed by atoms with Gasteiger partial charge >= 0.3 is 0 Å². The van der Waals surface area contributed by atoms with Crippen LogP contribution in [0.25, 0.3) is 5.69 Å². The van der Waals surface area contributed by atoms with Gasteiger partial charge in [0.25, 0.3) is 0 Å². The highest BCUT2D eigenvalue weighted by Crippen LogP contribution is 2.29. The SMILES string of the molecule is Nc1nn(-c2c(F)c(F)cc(F)c2F)c2c1COCC2. The summed E-state index contributed by atoms with van der Waals surface area (Å²) in [5, 5.41) is 3.77. The minimum Gasteiger partial charge on any atom is -0.382 e. The molecular formula is C12H9F4N3O. The van der Waals surface area contributed by atoms with Gasteiger partial charge in [-0.1, -0.05) is 0 Å². The summed E-state index contributed by atoms with van der Waals surface area (Å²) in [6, 6.07) is 0.149. The molecule has 3 rings (SSSR count). The number of nitrogens with two attached hydrogens (primary N) is 1. The topological polar surface area (TPSA) is 53.1 Å². The number of fused-ring (bicyclic) bond motifs is 1. The van der Waals surface area contributed by atoms with Crippen molar-refractivity contribution in [1.82, 2.24) is 9.78 Å². The van der Waals surface area contributed by atoms with E-state index >= 15 is 0 Å². The summed E-state index contributed by atoms with van der Waals surface area (Å²) >= 11 is 0. The summed E-state index contributed by atoms with van der Waals surface area (Å²) in [4.78, 5) is 0. The molecule has 0 aliphatic carbocycles. The van der Waals surface area contributed by atoms with Gasteiger partial charge in [-0.25, -0.2) is 22.2 Å². The molecule has 0 unspecified atom stereocenters. The maximum Gasteiger partial charge on any atom is 0.187 e. The number of aromatic nitrogens is 2. The van der Waals surface area contributed by atoms with Gasteiger partial charge in [0.2, 0.25) is 0 Å². The van der Waals surface area contributed by atoms with Gasteiger partial charge in [-0.05, 0) is 0 Å². The Kier molecular flexibility index (Phi) is 2.89. The minimum absolute atomic E-state index is 0.0168. The van der Waals surface area contributed by atoms with Gasteiger partial charge in [0, 0.05) is 18.1 Å². The molecule has 1 aliphatic rings. The first kappa shape index (κ1) is 12.9. The molecule has 106 valence electrons. The van der Waals surface area contributed by atoms with Crippen molar-refractivity contribution in [2.24, 2.45) is 0 Å². The van der Waals surface area contributed by atoms with E-state index in [1.165, 1.54) is 0 Å². The lowest BCUT2D eigenvalue weighted by atomic mass is 10.1. The maximum atomic E-state index is 13.8. The zero-order chi connectivity index (χ0) is 14.4. The van der Waals surface area contributed by atoms with E-state index < -0.39 is 29.0 Å². The van der Waals surface area contributed by atoms with Gasteiger partial charge in [-0.3, -0.25) is 0 Å². The van der Waals surface area contributed by atoms with Gasteiger partial charge in [-0.2, -0.15) is 0 Å². The summed E-state index contributed by atoms with van der Waals surface area (Å²) in [5.74, 6) is -5.99. The molecule has 0 spiro atoms. The minimum atomic E-state index is -1.51. The molecule has 0 bridgehead atoms. The van der Waals surface area contributed by atoms with Crippen molar-refractivity contribution in [2.45, 2.75) is 13.0 Å². The molecule has 4 nitrogen and oxygen atoms in total. The Bertz CT molecular complexity index is 672. The van der Waals surface area contributed by atoms with Crippen LogP contribution < -0.4 is 5.73 Å². The van der Waals surface area contributed by atoms with Crippen LogP contribution >= 0.6 is 0 Å². The molecule has 0 saturated heterocycles. The molecule has 0 radical (unpaired) electrons. The number of nitrogens with zero attached hydrogens (tertiary/aromatic N) is 2. The molecule has 20 heavy (non-hydrogen) atoms. The first-order valence-corrected chi connectivity index (χ1v) is 5.78. The molecule has 1 aromatic carbocycles. The number of hydrogen-bond acceptors (Lipinski definition) is 3. The number of halogens is 4. The monoisotopic (exact) mass is 287 g/mol. The average molecular weight is 287 g/mol. The lowest BCUT2D eigenvalue weighted by Crippen LogP contribution is -2.15. The summed E-state index contributed by atoms with van der Waals surface area (Å²) in [5.41, 5.74) is 5.58. The van der Waals surface area contributed by atoms with Crippen LogP contribution in [0, 0.1) is 23.3 Å². The van der Waals surface area contributed by atoms with Crippen molar-refractivity contribution in [3.63, 3.8) is 0 Å². The summed E-state index contributed by atoms with van der Waals surface area (Å²) < 4.78 is 60.1. The smallest absolute Gasteiger partial charge is 0.187 e. The Morgan fingerprint density at radius 3 is 2.45 bits per heavy atom. The molecule has 2 heterocycles. The van der Waals surface area contributed by atoms with Crippen molar-refractivity contribution < 1.29 is 22.3 Å². The van der Waals surface area contributed by atoms with Crippen molar-refractivity contribution in [3.8, 4) is 5.69 Å². The Balaban J connectivity index is 2.30. The first-order chi connectivity index (χ1) is 9.50. The normalized spacial score (nSPS) is 14.4. The number of ether oxygens (including phenoxy) is 1. The van der Waals surface area contributed by atoms with Crippen LogP contribution in [0.3, 0.4) is 0 Å². The fourth-order valence-corrected chi connectivity index (χ4v) is 2.19. The lowest BCUT2D eigenvalue weighted by molar-refractivity contribution is 0.110. The van der Waals surface area contributed by atoms with E-state index in [2.05, 4.69) is 5.10 Å². The third kappa shape index (κ3) is 1.75. The number of nitrogen functional groups attached to an aromatic ring is 1. The summed E-state index contributed by atoms with van der Waals surface area (Å²) in [6.07, 6.45) is 0.288. The van der Waals surface area contributed by atoms with Gasteiger partial charge in [0.15, 0.2) is 29.1 Å². The molecule has 2 aromatic rings. The second-order valence-electron chi connectivity index (χ2n) is 4.34. The van der Waals surface area contributed by atoms with Gasteiger partial charge < -0.3 is 10.5 Å². The Morgan fingerprint density at radius 2 is 1.80 bits per heavy atom. The van der Waals surface area contributed by atoms with Gasteiger partial charge in [0.1, 0.15) is 5.69 Å². The quantitative estimate of drug-likeness (QED) is 0.645. The number of rotatable bonds is 1. The van der Waals surface area contributed by atoms with Crippen LogP contribution in [-0.4, -0.2) is 16.4 Å². The van der Waals surface area contributed by atoms with Gasteiger partial charge in [0.05, 0.1) is 18.9 Å². The zero-order valence-electron chi connectivity index (χ0n) is 10.1. The summed E-state index contributed by atoms with van der Waals surface area (Å²) in [6.45, 7) is 0.446. The van der Waals surface area contributed by atoms with E-state index in [9.17, 15) is 17.6 Å². The van der Waals surface area contributed by atoms with Crippen molar-refractivity contribution >= 4 is 5.82 Å². The van der Waals surface area contributed by atoms with Crippen LogP contribution in [0.5, 0.6) is 0 Å². The predicted molar refractivity (Wildman–Crippen MR) is 61.2 cm³/mol. The second kappa shape index (κ2) is 4.48. The Hall–Kier alpha value is -2.09. The average Bonchev–Trinajstić information content (AvgIpc) is 2.75. The standard InChI is InChI=1S/C12H9F4N3O/c13-6-3-7(14)10(16)11(9(6)15)19-8-1-2-20-4-5(8)12(17)18-19/h3H,1-2,4H2,(H2,17,18). The van der Waals surface area contributed by atoms with E-state index in [0.717, 1.165) is 4.68 Å². The molecule has 0 amide bonds. The summed E-state index contributed by atoms with van der Waals surface area (Å²) in [7, 11) is 0. The fraction of sp³-hybridized carbons (Fsp3) is 0.250. The molecule has 0 fully saturated rings. The third-order valence-corrected chi connectivity index (χ3v) is 3.15. The van der Waals surface area contributed by atoms with Crippen LogP contribution in [0.1, 0.15) is 11.3 Å². The molecule has 1 aromatic heterocycles. The number of anilines is 1. The number of benzene rings is 1. The van der Waals surface area contributed by atoms with E-state index in [4.69, 9.17) is 10.5 Å². The molecule has 1 aliphatic heterocycles. The van der Waals surface area contributed by atoms with E-state index in [1.807, 2.05) is 0 Å². The van der Waals surface area contributed by atoms with E-state index in [1.54, 1.807) is 0 Å². The molecule has 0 atom stereocenters. The Morgan fingerprint density at radius 1 is 1.15 bits per heavy atom. The highest BCUT2D eigenvalue weighted by atomic mass is 19.2. The molecule has 8 heteroatoms. The molecular weight excluding hydrogens is 278 g/mol. The van der Waals surface area contributed by atoms with Crippen LogP contribution in [-0.2, 0) is 17.8 Å². The van der Waals surface area contributed by atoms with E-state index in [-0.39, 0.29) is 24.9 Å². The third-order valence-electron chi connectivity index (χ3n) is 3.15. The van der Waals surface area contributed by atoms with E-state index in [0.29, 0.717) is 17.9 Å². The van der Waals surface area contributed by atoms with Crippen LogP contribution in [0.2, 0.25) is 0 Å². The van der Waals surface area contributed by atoms with Crippen LogP contribution in [0.15, 0.2) is 6.07 Å².